The van der Waals surface area contributed by atoms with Crippen molar-refractivity contribution in [3.8, 4) is 0 Å². The molecule has 4 nitrogen and oxygen atoms in total. The quantitative estimate of drug-likeness (QED) is 0.150. The Kier molecular flexibility index (Phi) is 13.5. The second-order valence-electron chi connectivity index (χ2n) is 18.7. The number of nitrogens with one attached hydrogen (secondary N) is 1. The summed E-state index contributed by atoms with van der Waals surface area (Å²) in [5.74, 6) is 4.64. The van der Waals surface area contributed by atoms with Crippen LogP contribution in [0.3, 0.4) is 0 Å². The highest BCUT2D eigenvalue weighted by atomic mass is 35.5. The van der Waals surface area contributed by atoms with Crippen molar-refractivity contribution >= 4 is 19.9 Å². The molecule has 5 rings (SSSR count). The third-order valence-electron chi connectivity index (χ3n) is 14.4. The Balaban J connectivity index is 1.20. The fraction of sp³-hybridized carbons (Fsp3) is 1.00. The van der Waals surface area contributed by atoms with E-state index in [0.29, 0.717) is 23.4 Å². The third kappa shape index (κ3) is 10.2. The molecule has 0 bridgehead atoms. The molecule has 6 heteroatoms. The van der Waals surface area contributed by atoms with Crippen molar-refractivity contribution in [2.75, 3.05) is 6.61 Å². The Labute approximate surface area is 290 Å². The number of hydrogen-bond acceptors (Lipinski definition) is 4. The lowest BCUT2D eigenvalue weighted by Crippen LogP contribution is -2.50. The second kappa shape index (κ2) is 16.6. The van der Waals surface area contributed by atoms with E-state index in [9.17, 15) is 4.80 Å². The molecule has 10 atom stereocenters. The largest absolute Gasteiger partial charge is 0.432 e. The van der Waals surface area contributed by atoms with Gasteiger partial charge in [0.15, 0.2) is 14.6 Å². The molecule has 2 aliphatic heterocycles. The molecule has 2 saturated heterocycles. The summed E-state index contributed by atoms with van der Waals surface area (Å²) in [6, 6.07) is 1.37. The Morgan fingerprint density at radius 3 is 2.37 bits per heavy atom. The van der Waals surface area contributed by atoms with E-state index in [1.807, 2.05) is 0 Å². The summed E-state index contributed by atoms with van der Waals surface area (Å²) in [5.41, 5.74) is -0.132. The number of fused-ring (bicyclic) bond motifs is 1. The van der Waals surface area contributed by atoms with E-state index >= 15 is 0 Å². The van der Waals surface area contributed by atoms with E-state index in [1.165, 1.54) is 128 Å². The predicted octanol–water partition coefficient (Wildman–Crippen LogP) is 11.0. The van der Waals surface area contributed by atoms with Crippen LogP contribution in [-0.2, 0) is 9.47 Å². The van der Waals surface area contributed by atoms with Crippen LogP contribution in [0.2, 0.25) is 18.1 Å². The first-order chi connectivity index (χ1) is 21.8. The van der Waals surface area contributed by atoms with Crippen molar-refractivity contribution in [2.24, 2.45) is 35.5 Å². The Bertz CT molecular complexity index is 917. The van der Waals surface area contributed by atoms with Crippen LogP contribution in [0, 0.1) is 35.5 Å². The van der Waals surface area contributed by atoms with Crippen LogP contribution in [0.1, 0.15) is 163 Å². The first-order valence-electron chi connectivity index (χ1n) is 20.2. The van der Waals surface area contributed by atoms with E-state index in [2.05, 4.69) is 46.1 Å². The lowest BCUT2D eigenvalue weighted by molar-refractivity contribution is -0.236. The van der Waals surface area contributed by atoms with Crippen molar-refractivity contribution in [1.82, 2.24) is 5.32 Å². The van der Waals surface area contributed by atoms with Crippen molar-refractivity contribution in [3.05, 3.63) is 0 Å². The van der Waals surface area contributed by atoms with Crippen molar-refractivity contribution in [1.29, 1.82) is 0 Å². The fourth-order valence-electron chi connectivity index (χ4n) is 10.8. The van der Waals surface area contributed by atoms with E-state index in [4.69, 9.17) is 21.1 Å². The van der Waals surface area contributed by atoms with Crippen LogP contribution < -0.4 is 5.32 Å². The topological polar surface area (TPSA) is 50.7 Å². The monoisotopic (exact) mass is 680 g/mol. The SMILES string of the molecule is CC(C)(OC1CCCCO1)C1CCCCC1CCC(CC(C)(C)[Si](C)(C)O)C1CCCC(CCC2CCC3CCC(Cl)CC3N2)C1. The number of halogens is 1. The van der Waals surface area contributed by atoms with Crippen molar-refractivity contribution < 1.29 is 14.3 Å². The van der Waals surface area contributed by atoms with Crippen LogP contribution >= 0.6 is 11.6 Å². The minimum Gasteiger partial charge on any atom is -0.432 e. The van der Waals surface area contributed by atoms with Gasteiger partial charge in [-0.2, -0.15) is 0 Å². The van der Waals surface area contributed by atoms with Gasteiger partial charge in [-0.15, -0.1) is 11.6 Å². The zero-order chi connectivity index (χ0) is 33.0. The molecule has 2 N–H and O–H groups in total. The van der Waals surface area contributed by atoms with E-state index in [1.54, 1.807) is 0 Å². The fourth-order valence-corrected chi connectivity index (χ4v) is 11.8. The lowest BCUT2D eigenvalue weighted by atomic mass is 9.66. The summed E-state index contributed by atoms with van der Waals surface area (Å²) in [6.45, 7) is 14.7. The molecule has 0 aromatic carbocycles. The van der Waals surface area contributed by atoms with Gasteiger partial charge in [0.05, 0.1) is 5.60 Å². The summed E-state index contributed by atoms with van der Waals surface area (Å²) in [5, 5.41) is 4.50. The highest BCUT2D eigenvalue weighted by Gasteiger charge is 2.44. The number of piperidine rings is 1. The van der Waals surface area contributed by atoms with Gasteiger partial charge in [-0.1, -0.05) is 52.4 Å². The molecule has 46 heavy (non-hydrogen) atoms. The molecule has 0 spiro atoms. The summed E-state index contributed by atoms with van der Waals surface area (Å²) >= 11 is 6.58. The van der Waals surface area contributed by atoms with Crippen molar-refractivity contribution in [2.45, 2.75) is 210 Å². The van der Waals surface area contributed by atoms with Crippen LogP contribution in [0.4, 0.5) is 0 Å². The maximum absolute atomic E-state index is 11.4. The van der Waals surface area contributed by atoms with Gasteiger partial charge in [-0.05, 0) is 164 Å². The molecular weight excluding hydrogens is 606 g/mol. The van der Waals surface area contributed by atoms with E-state index < -0.39 is 8.32 Å². The van der Waals surface area contributed by atoms with Gasteiger partial charge in [0.25, 0.3) is 0 Å². The minimum atomic E-state index is -2.27. The Morgan fingerprint density at radius 2 is 1.61 bits per heavy atom. The first-order valence-corrected chi connectivity index (χ1v) is 23.6. The van der Waals surface area contributed by atoms with Crippen LogP contribution in [0.15, 0.2) is 0 Å². The molecule has 2 heterocycles. The average molecular weight is 681 g/mol. The molecule has 0 aromatic rings. The summed E-state index contributed by atoms with van der Waals surface area (Å²) in [7, 11) is -2.27. The molecule has 5 aliphatic rings. The highest BCUT2D eigenvalue weighted by molar-refractivity contribution is 6.72. The van der Waals surface area contributed by atoms with Crippen LogP contribution in [0.25, 0.3) is 0 Å². The zero-order valence-electron chi connectivity index (χ0n) is 31.0. The Hall–Kier alpha value is 0.347. The number of alkyl halides is 1. The molecule has 0 aromatic heterocycles. The number of rotatable bonds is 13. The summed E-state index contributed by atoms with van der Waals surface area (Å²) in [4.78, 5) is 11.4. The highest BCUT2D eigenvalue weighted by Crippen LogP contribution is 2.50. The standard InChI is InChI=1S/C40H74ClNO3Si/c1-39(2,46(5,6)43)28-33(19-18-30-13-7-8-15-36(30)40(3,4)45-38-16-9-10-25-44-38)32-14-11-12-29(26-32)17-23-35-24-21-31-20-22-34(41)27-37(31)42-35/h29-38,42-43H,7-28H2,1-6H3. The van der Waals surface area contributed by atoms with Gasteiger partial charge in [-0.25, -0.2) is 0 Å². The van der Waals surface area contributed by atoms with Gasteiger partial charge in [0.1, 0.15) is 0 Å². The maximum Gasteiger partial charge on any atom is 0.188 e. The zero-order valence-corrected chi connectivity index (χ0v) is 32.7. The van der Waals surface area contributed by atoms with Gasteiger partial charge in [0.2, 0.25) is 0 Å². The Morgan fingerprint density at radius 1 is 0.848 bits per heavy atom. The molecule has 0 amide bonds. The van der Waals surface area contributed by atoms with Gasteiger partial charge < -0.3 is 19.6 Å². The molecular formula is C40H74ClNO3Si. The molecule has 268 valence electrons. The summed E-state index contributed by atoms with van der Waals surface area (Å²) < 4.78 is 12.8. The molecule has 3 saturated carbocycles. The number of hydrogen-bond donors (Lipinski definition) is 2. The van der Waals surface area contributed by atoms with Gasteiger partial charge in [0, 0.05) is 24.1 Å². The first kappa shape index (κ1) is 37.6. The number of ether oxygens (including phenoxy) is 2. The third-order valence-corrected chi connectivity index (χ3v) is 18.3. The average Bonchev–Trinajstić information content (AvgIpc) is 3.02. The minimum absolute atomic E-state index is 0.0130. The lowest BCUT2D eigenvalue weighted by Gasteiger charge is -2.46. The van der Waals surface area contributed by atoms with Crippen molar-refractivity contribution in [3.63, 3.8) is 0 Å². The second-order valence-corrected chi connectivity index (χ2v) is 23.8. The van der Waals surface area contributed by atoms with Gasteiger partial charge >= 0.3 is 0 Å². The summed E-state index contributed by atoms with van der Waals surface area (Å²) in [6.07, 6.45) is 27.5. The van der Waals surface area contributed by atoms with E-state index in [0.717, 1.165) is 42.6 Å². The normalized spacial score (nSPS) is 37.4. The molecule has 10 unspecified atom stereocenters. The van der Waals surface area contributed by atoms with Crippen LogP contribution in [0.5, 0.6) is 0 Å². The van der Waals surface area contributed by atoms with Gasteiger partial charge in [-0.3, -0.25) is 0 Å². The van der Waals surface area contributed by atoms with Crippen LogP contribution in [-0.4, -0.2) is 49.1 Å². The smallest absolute Gasteiger partial charge is 0.188 e. The predicted molar refractivity (Wildman–Crippen MR) is 197 cm³/mol. The maximum atomic E-state index is 11.4. The molecule has 3 aliphatic carbocycles. The van der Waals surface area contributed by atoms with E-state index in [-0.39, 0.29) is 16.9 Å². The molecule has 0 radical (unpaired) electrons. The molecule has 5 fully saturated rings.